The maximum Gasteiger partial charge on any atom is 0.335 e. The summed E-state index contributed by atoms with van der Waals surface area (Å²) in [5.41, 5.74) is 0.0270. The first kappa shape index (κ1) is 13.2. The number of carboxylic acids is 1. The Morgan fingerprint density at radius 3 is 2.05 bits per heavy atom. The van der Waals surface area contributed by atoms with Gasteiger partial charge in [0, 0.05) is 12.4 Å². The third-order valence-corrected chi connectivity index (χ3v) is 4.20. The number of benzene rings is 1. The number of carboxylic acid groups (broad SMARTS) is 1. The molecule has 1 heterocycles. The van der Waals surface area contributed by atoms with Crippen molar-refractivity contribution >= 4 is 15.8 Å². The molecule has 1 N–H and O–H groups in total. The van der Waals surface area contributed by atoms with Crippen molar-refractivity contribution in [1.82, 2.24) is 9.97 Å². The van der Waals surface area contributed by atoms with Crippen LogP contribution < -0.4 is 0 Å². The van der Waals surface area contributed by atoms with Gasteiger partial charge in [0.05, 0.1) is 10.5 Å². The number of hydrogen-bond donors (Lipinski definition) is 1. The van der Waals surface area contributed by atoms with Crippen LogP contribution in [0.3, 0.4) is 0 Å². The van der Waals surface area contributed by atoms with E-state index in [1.54, 1.807) is 6.92 Å². The van der Waals surface area contributed by atoms with Crippen molar-refractivity contribution in [3.8, 4) is 0 Å². The molecule has 6 nitrogen and oxygen atoms in total. The molecule has 2 rings (SSSR count). The van der Waals surface area contributed by atoms with E-state index in [0.717, 1.165) is 0 Å². The van der Waals surface area contributed by atoms with Gasteiger partial charge in [-0.15, -0.1) is 0 Å². The molecule has 0 atom stereocenters. The summed E-state index contributed by atoms with van der Waals surface area (Å²) in [6, 6.07) is 4.98. The molecule has 1 aromatic carbocycles. The van der Waals surface area contributed by atoms with Crippen LogP contribution in [-0.2, 0) is 9.84 Å². The van der Waals surface area contributed by atoms with Crippen LogP contribution in [-0.4, -0.2) is 29.5 Å². The summed E-state index contributed by atoms with van der Waals surface area (Å²) >= 11 is 0. The Balaban J connectivity index is 2.44. The highest BCUT2D eigenvalue weighted by Crippen LogP contribution is 2.19. The van der Waals surface area contributed by atoms with Gasteiger partial charge in [-0.05, 0) is 31.2 Å². The molecule has 0 aliphatic heterocycles. The summed E-state index contributed by atoms with van der Waals surface area (Å²) in [5.74, 6) is -0.636. The lowest BCUT2D eigenvalue weighted by Crippen LogP contribution is -2.05. The van der Waals surface area contributed by atoms with Gasteiger partial charge in [-0.25, -0.2) is 23.2 Å². The molecule has 1 aromatic heterocycles. The van der Waals surface area contributed by atoms with Crippen LogP contribution in [0.4, 0.5) is 0 Å². The molecule has 0 bridgehead atoms. The Morgan fingerprint density at radius 1 is 1.05 bits per heavy atom. The highest BCUT2D eigenvalue weighted by Gasteiger charge is 2.18. The molecular weight excluding hydrogens is 268 g/mol. The highest BCUT2D eigenvalue weighted by atomic mass is 32.2. The van der Waals surface area contributed by atoms with Gasteiger partial charge in [-0.2, -0.15) is 0 Å². The molecule has 0 spiro atoms. The van der Waals surface area contributed by atoms with Gasteiger partial charge in [0.15, 0.2) is 0 Å². The van der Waals surface area contributed by atoms with Gasteiger partial charge in [0.1, 0.15) is 10.7 Å². The Kier molecular flexibility index (Phi) is 3.30. The third-order valence-electron chi connectivity index (χ3n) is 2.48. The first-order chi connectivity index (χ1) is 8.91. The average molecular weight is 278 g/mol. The minimum Gasteiger partial charge on any atom is -0.478 e. The lowest BCUT2D eigenvalue weighted by atomic mass is 10.2. The molecule has 0 saturated carbocycles. The zero-order valence-electron chi connectivity index (χ0n) is 9.94. The molecule has 0 aliphatic rings. The van der Waals surface area contributed by atoms with Gasteiger partial charge in [0.2, 0.25) is 9.84 Å². The number of aromatic carboxylic acids is 1. The molecular formula is C12H10N2O4S. The fourth-order valence-corrected chi connectivity index (χ4v) is 2.58. The quantitative estimate of drug-likeness (QED) is 0.909. The van der Waals surface area contributed by atoms with Crippen LogP contribution in [0.1, 0.15) is 16.2 Å². The number of sulfone groups is 1. The molecule has 0 aliphatic carbocycles. The number of aryl methyl sites for hydroxylation is 1. The summed E-state index contributed by atoms with van der Waals surface area (Å²) in [6.45, 7) is 1.65. The predicted molar refractivity (Wildman–Crippen MR) is 65.6 cm³/mol. The first-order valence-corrected chi connectivity index (χ1v) is 6.76. The molecule has 2 aromatic rings. The summed E-state index contributed by atoms with van der Waals surface area (Å²) in [4.78, 5) is 18.3. The number of hydrogen-bond acceptors (Lipinski definition) is 5. The summed E-state index contributed by atoms with van der Waals surface area (Å²) < 4.78 is 24.4. The van der Waals surface area contributed by atoms with Crippen molar-refractivity contribution < 1.29 is 18.3 Å². The van der Waals surface area contributed by atoms with E-state index in [-0.39, 0.29) is 15.4 Å². The summed E-state index contributed by atoms with van der Waals surface area (Å²) in [5, 5.41) is 8.76. The lowest BCUT2D eigenvalue weighted by molar-refractivity contribution is 0.0697. The maximum absolute atomic E-state index is 12.2. The van der Waals surface area contributed by atoms with Crippen LogP contribution in [0, 0.1) is 6.92 Å². The number of nitrogens with zero attached hydrogens (tertiary/aromatic N) is 2. The molecule has 7 heteroatoms. The lowest BCUT2D eigenvalue weighted by Gasteiger charge is -2.04. The number of carbonyl (C=O) groups is 1. The molecule has 0 radical (unpaired) electrons. The monoisotopic (exact) mass is 278 g/mol. The summed E-state index contributed by atoms with van der Waals surface area (Å²) in [7, 11) is -3.72. The largest absolute Gasteiger partial charge is 0.478 e. The second-order valence-corrected chi connectivity index (χ2v) is 5.75. The van der Waals surface area contributed by atoms with Crippen molar-refractivity contribution in [2.24, 2.45) is 0 Å². The van der Waals surface area contributed by atoms with Gasteiger partial charge < -0.3 is 5.11 Å². The van der Waals surface area contributed by atoms with Crippen molar-refractivity contribution in [1.29, 1.82) is 0 Å². The second kappa shape index (κ2) is 4.77. The van der Waals surface area contributed by atoms with Crippen molar-refractivity contribution in [3.05, 3.63) is 48.0 Å². The first-order valence-electron chi connectivity index (χ1n) is 5.28. The van der Waals surface area contributed by atoms with Gasteiger partial charge in [-0.1, -0.05) is 0 Å². The molecule has 0 saturated heterocycles. The van der Waals surface area contributed by atoms with E-state index >= 15 is 0 Å². The maximum atomic E-state index is 12.2. The Labute approximate surface area is 109 Å². The van der Waals surface area contributed by atoms with E-state index in [4.69, 9.17) is 5.11 Å². The van der Waals surface area contributed by atoms with Crippen LogP contribution in [0.15, 0.2) is 46.5 Å². The predicted octanol–water partition coefficient (Wildman–Crippen LogP) is 1.32. The van der Waals surface area contributed by atoms with Gasteiger partial charge >= 0.3 is 5.97 Å². The van der Waals surface area contributed by atoms with E-state index in [0.29, 0.717) is 5.82 Å². The van der Waals surface area contributed by atoms with E-state index < -0.39 is 15.8 Å². The Hall–Kier alpha value is -2.28. The molecule has 0 unspecified atom stereocenters. The SMILES string of the molecule is Cc1ncc(S(=O)(=O)c2ccc(C(=O)O)cc2)cn1. The molecule has 98 valence electrons. The Morgan fingerprint density at radius 2 is 1.58 bits per heavy atom. The van der Waals surface area contributed by atoms with Crippen molar-refractivity contribution in [2.75, 3.05) is 0 Å². The summed E-state index contributed by atoms with van der Waals surface area (Å²) in [6.07, 6.45) is 2.45. The minimum absolute atomic E-state index is 0.00459. The zero-order valence-corrected chi connectivity index (χ0v) is 10.8. The third kappa shape index (κ3) is 2.60. The highest BCUT2D eigenvalue weighted by molar-refractivity contribution is 7.91. The number of rotatable bonds is 3. The van der Waals surface area contributed by atoms with Crippen molar-refractivity contribution in [3.63, 3.8) is 0 Å². The number of aromatic nitrogens is 2. The van der Waals surface area contributed by atoms with Crippen LogP contribution in [0.2, 0.25) is 0 Å². The van der Waals surface area contributed by atoms with Crippen LogP contribution in [0.5, 0.6) is 0 Å². The normalized spacial score (nSPS) is 11.2. The second-order valence-electron chi connectivity index (χ2n) is 3.80. The zero-order chi connectivity index (χ0) is 14.0. The molecule has 0 fully saturated rings. The minimum atomic E-state index is -3.72. The molecule has 0 amide bonds. The smallest absolute Gasteiger partial charge is 0.335 e. The fraction of sp³-hybridized carbons (Fsp3) is 0.0833. The fourth-order valence-electron chi connectivity index (χ4n) is 1.43. The standard InChI is InChI=1S/C12H10N2O4S/c1-8-13-6-11(7-14-8)19(17,18)10-4-2-9(3-5-10)12(15)16/h2-7H,1H3,(H,15,16). The van der Waals surface area contributed by atoms with Crippen LogP contribution >= 0.6 is 0 Å². The average Bonchev–Trinajstić information content (AvgIpc) is 2.39. The Bertz CT molecular complexity index is 706. The topological polar surface area (TPSA) is 97.2 Å². The van der Waals surface area contributed by atoms with E-state index in [2.05, 4.69) is 9.97 Å². The molecule has 19 heavy (non-hydrogen) atoms. The van der Waals surface area contributed by atoms with Crippen molar-refractivity contribution in [2.45, 2.75) is 16.7 Å². The van der Waals surface area contributed by atoms with E-state index in [1.807, 2.05) is 0 Å². The van der Waals surface area contributed by atoms with Gasteiger partial charge in [0.25, 0.3) is 0 Å². The van der Waals surface area contributed by atoms with Crippen LogP contribution in [0.25, 0.3) is 0 Å². The van der Waals surface area contributed by atoms with Gasteiger partial charge in [-0.3, -0.25) is 0 Å². The van der Waals surface area contributed by atoms with E-state index in [1.165, 1.54) is 36.7 Å². The van der Waals surface area contributed by atoms with E-state index in [9.17, 15) is 13.2 Å².